The van der Waals surface area contributed by atoms with Crippen molar-refractivity contribution in [3.8, 4) is 0 Å². The monoisotopic (exact) mass is 786 g/mol. The molecule has 0 amide bonds. The van der Waals surface area contributed by atoms with Crippen molar-refractivity contribution >= 4 is 92.4 Å². The van der Waals surface area contributed by atoms with Gasteiger partial charge in [-0.3, -0.25) is 0 Å². The molecule has 0 aromatic heterocycles. The van der Waals surface area contributed by atoms with Crippen LogP contribution in [0.5, 0.6) is 0 Å². The van der Waals surface area contributed by atoms with Crippen molar-refractivity contribution in [1.82, 2.24) is 0 Å². The number of nitrogens with two attached hydrogens (primary N) is 1. The maximum absolute atomic E-state index is 11.8. The van der Waals surface area contributed by atoms with Crippen molar-refractivity contribution in [2.24, 2.45) is 5.73 Å². The lowest BCUT2D eigenvalue weighted by molar-refractivity contribution is 0.0592. The SMILES string of the molecule is COC(=O)c1c(Cl)ccc(Br)c1Cl.COC(=O)c1c(Cl)ccc(NC2Cc3ccccc3C2)c1Cl.Cl.NC1Cc2ccccc2C1. The Kier molecular flexibility index (Phi) is 14.5. The van der Waals surface area contributed by atoms with Crippen molar-refractivity contribution in [2.45, 2.75) is 37.8 Å². The number of ether oxygens (including phenoxy) is 2. The number of carbonyl (C=O) groups excluding carboxylic acids is 2. The summed E-state index contributed by atoms with van der Waals surface area (Å²) in [5.74, 6) is -1.08. The number of rotatable bonds is 4. The van der Waals surface area contributed by atoms with Gasteiger partial charge in [-0.05, 0) is 88.1 Å². The number of hydrogen-bond acceptors (Lipinski definition) is 6. The van der Waals surface area contributed by atoms with Gasteiger partial charge in [0.05, 0.1) is 51.1 Å². The number of methoxy groups -OCH3 is 2. The van der Waals surface area contributed by atoms with Gasteiger partial charge in [0.1, 0.15) is 0 Å². The first-order chi connectivity index (χ1) is 21.5. The Hall–Kier alpha value is -2.49. The van der Waals surface area contributed by atoms with E-state index in [1.807, 2.05) is 12.1 Å². The number of hydrogen-bond donors (Lipinski definition) is 2. The summed E-state index contributed by atoms with van der Waals surface area (Å²) in [7, 11) is 2.58. The van der Waals surface area contributed by atoms with Gasteiger partial charge in [0.2, 0.25) is 0 Å². The molecule has 0 fully saturated rings. The minimum atomic E-state index is -0.545. The smallest absolute Gasteiger partial charge is 0.340 e. The van der Waals surface area contributed by atoms with Gasteiger partial charge < -0.3 is 20.5 Å². The zero-order valence-corrected chi connectivity index (χ0v) is 30.3. The second-order valence-corrected chi connectivity index (χ2v) is 12.9. The molecule has 0 heterocycles. The minimum Gasteiger partial charge on any atom is -0.465 e. The number of esters is 2. The van der Waals surface area contributed by atoms with Crippen LogP contribution in [0.2, 0.25) is 20.1 Å². The lowest BCUT2D eigenvalue weighted by Gasteiger charge is -2.17. The average molecular weight is 790 g/mol. The highest BCUT2D eigenvalue weighted by Crippen LogP contribution is 2.35. The highest BCUT2D eigenvalue weighted by molar-refractivity contribution is 9.10. The van der Waals surface area contributed by atoms with E-state index in [4.69, 9.17) is 56.9 Å². The maximum Gasteiger partial charge on any atom is 0.340 e. The largest absolute Gasteiger partial charge is 0.465 e. The molecule has 46 heavy (non-hydrogen) atoms. The molecule has 0 spiro atoms. The van der Waals surface area contributed by atoms with Crippen LogP contribution >= 0.6 is 74.7 Å². The first-order valence-corrected chi connectivity index (χ1v) is 16.3. The Morgan fingerprint density at radius 1 is 0.696 bits per heavy atom. The van der Waals surface area contributed by atoms with E-state index < -0.39 is 11.9 Å². The van der Waals surface area contributed by atoms with Crippen LogP contribution in [-0.4, -0.2) is 38.2 Å². The quantitative estimate of drug-likeness (QED) is 0.158. The summed E-state index contributed by atoms with van der Waals surface area (Å²) >= 11 is 27.2. The Morgan fingerprint density at radius 2 is 1.11 bits per heavy atom. The summed E-state index contributed by atoms with van der Waals surface area (Å²) in [6.45, 7) is 0. The standard InChI is InChI=1S/C17H15Cl2NO2.C9H11N.C8H5BrCl2O2.ClH/c1-22-17(21)15-13(18)6-7-14(16(15)19)20-12-8-10-4-2-3-5-11(10)9-12;10-9-5-7-3-1-2-4-8(7)6-9;1-13-8(12)6-5(10)3-2-4(9)7(6)11;/h2-7,12,20H,8-9H2,1H3;1-4,9H,5-6,10H2;2-3H,1H3;1H. The molecule has 6 rings (SSSR count). The Morgan fingerprint density at radius 3 is 1.57 bits per heavy atom. The van der Waals surface area contributed by atoms with Gasteiger partial charge in [0, 0.05) is 16.6 Å². The van der Waals surface area contributed by atoms with E-state index >= 15 is 0 Å². The molecule has 0 saturated carbocycles. The molecule has 2 aliphatic rings. The van der Waals surface area contributed by atoms with Crippen molar-refractivity contribution in [1.29, 1.82) is 0 Å². The molecular weight excluding hydrogens is 758 g/mol. The Balaban J connectivity index is 0.000000204. The van der Waals surface area contributed by atoms with E-state index in [-0.39, 0.29) is 44.6 Å². The second kappa shape index (κ2) is 17.6. The van der Waals surface area contributed by atoms with Crippen LogP contribution in [0.25, 0.3) is 0 Å². The van der Waals surface area contributed by atoms with Crippen molar-refractivity contribution in [2.75, 3.05) is 19.5 Å². The van der Waals surface area contributed by atoms with Crippen LogP contribution in [0.1, 0.15) is 43.0 Å². The first kappa shape index (κ1) is 38.0. The second-order valence-electron chi connectivity index (χ2n) is 10.4. The third-order valence-corrected chi connectivity index (χ3v) is 9.71. The summed E-state index contributed by atoms with van der Waals surface area (Å²) < 4.78 is 9.87. The summed E-state index contributed by atoms with van der Waals surface area (Å²) in [6.07, 6.45) is 4.00. The summed E-state index contributed by atoms with van der Waals surface area (Å²) in [5, 5.41) is 4.54. The number of carbonyl (C=O) groups is 2. The predicted octanol–water partition coefficient (Wildman–Crippen LogP) is 9.44. The highest BCUT2D eigenvalue weighted by atomic mass is 79.9. The van der Waals surface area contributed by atoms with Gasteiger partial charge in [-0.15, -0.1) is 12.4 Å². The topological polar surface area (TPSA) is 90.6 Å². The van der Waals surface area contributed by atoms with Gasteiger partial charge >= 0.3 is 11.9 Å². The molecule has 6 nitrogen and oxygen atoms in total. The van der Waals surface area contributed by atoms with Crippen LogP contribution in [-0.2, 0) is 35.2 Å². The van der Waals surface area contributed by atoms with Crippen LogP contribution < -0.4 is 11.1 Å². The molecule has 0 radical (unpaired) electrons. The number of halogens is 6. The normalized spacial score (nSPS) is 13.1. The maximum atomic E-state index is 11.8. The lowest BCUT2D eigenvalue weighted by Crippen LogP contribution is -2.20. The fraction of sp³-hybridized carbons (Fsp3) is 0.235. The molecule has 0 unspecified atom stereocenters. The Bertz CT molecular complexity index is 1650. The van der Waals surface area contributed by atoms with Crippen LogP contribution in [0.4, 0.5) is 5.69 Å². The number of nitrogens with one attached hydrogen (secondary N) is 1. The number of anilines is 1. The average Bonchev–Trinajstić information content (AvgIpc) is 3.63. The third-order valence-electron chi connectivity index (χ3n) is 7.41. The van der Waals surface area contributed by atoms with Gasteiger partial charge in [-0.25, -0.2) is 9.59 Å². The van der Waals surface area contributed by atoms with E-state index in [9.17, 15) is 9.59 Å². The fourth-order valence-corrected chi connectivity index (χ4v) is 6.68. The van der Waals surface area contributed by atoms with Crippen LogP contribution in [0.3, 0.4) is 0 Å². The van der Waals surface area contributed by atoms with Crippen molar-refractivity contribution < 1.29 is 19.1 Å². The highest BCUT2D eigenvalue weighted by Gasteiger charge is 2.24. The van der Waals surface area contributed by atoms with Crippen molar-refractivity contribution in [3.05, 3.63) is 131 Å². The number of benzene rings is 4. The molecule has 0 atom stereocenters. The molecular formula is C34H32BrCl5N2O4. The minimum absolute atomic E-state index is 0. The summed E-state index contributed by atoms with van der Waals surface area (Å²) in [4.78, 5) is 23.0. The molecule has 0 aliphatic heterocycles. The van der Waals surface area contributed by atoms with E-state index in [0.29, 0.717) is 21.2 Å². The van der Waals surface area contributed by atoms with E-state index in [2.05, 4.69) is 62.4 Å². The summed E-state index contributed by atoms with van der Waals surface area (Å²) in [5.41, 5.74) is 12.4. The van der Waals surface area contributed by atoms with Crippen LogP contribution in [0, 0.1) is 0 Å². The molecule has 4 aromatic carbocycles. The fourth-order valence-electron chi connectivity index (χ4n) is 5.24. The molecule has 0 saturated heterocycles. The zero-order chi connectivity index (χ0) is 32.7. The van der Waals surface area contributed by atoms with E-state index in [0.717, 1.165) is 25.7 Å². The Labute approximate surface area is 303 Å². The van der Waals surface area contributed by atoms with Gasteiger partial charge in [-0.2, -0.15) is 0 Å². The van der Waals surface area contributed by atoms with Gasteiger partial charge in [0.15, 0.2) is 0 Å². The van der Waals surface area contributed by atoms with Crippen LogP contribution in [0.15, 0.2) is 77.3 Å². The van der Waals surface area contributed by atoms with E-state index in [1.165, 1.54) is 36.5 Å². The summed E-state index contributed by atoms with van der Waals surface area (Å²) in [6, 6.07) is 24.2. The number of fused-ring (bicyclic) bond motifs is 2. The van der Waals surface area contributed by atoms with E-state index in [1.54, 1.807) is 24.3 Å². The zero-order valence-electron chi connectivity index (χ0n) is 24.9. The lowest BCUT2D eigenvalue weighted by atomic mass is 10.1. The predicted molar refractivity (Wildman–Crippen MR) is 194 cm³/mol. The molecule has 12 heteroatoms. The molecule has 3 N–H and O–H groups in total. The third kappa shape index (κ3) is 9.32. The molecule has 244 valence electrons. The van der Waals surface area contributed by atoms with Gasteiger partial charge in [0.25, 0.3) is 0 Å². The molecule has 4 aromatic rings. The van der Waals surface area contributed by atoms with Crippen molar-refractivity contribution in [3.63, 3.8) is 0 Å². The molecule has 0 bridgehead atoms. The molecule has 2 aliphatic carbocycles. The first-order valence-electron chi connectivity index (χ1n) is 14.0. The van der Waals surface area contributed by atoms with Gasteiger partial charge in [-0.1, -0.05) is 94.9 Å².